The Balaban J connectivity index is 1.81. The minimum Gasteiger partial charge on any atom is -0.326 e. The number of amides is 1. The lowest BCUT2D eigenvalue weighted by Crippen LogP contribution is -2.24. The summed E-state index contributed by atoms with van der Waals surface area (Å²) in [7, 11) is 0. The standard InChI is InChI=1S/C18H17NO2/c20-12-13-5-3-8-15(11-13)19-18(21)17-10-4-7-14-6-1-2-9-16(14)17/h1-3,5-6,8-9,11-12,17H,4,7,10H2,(H,19,21). The van der Waals surface area contributed by atoms with Crippen molar-refractivity contribution in [2.45, 2.75) is 25.2 Å². The largest absolute Gasteiger partial charge is 0.326 e. The van der Waals surface area contributed by atoms with E-state index in [1.54, 1.807) is 24.3 Å². The summed E-state index contributed by atoms with van der Waals surface area (Å²) in [6.07, 6.45) is 3.73. The molecule has 0 bridgehead atoms. The highest BCUT2D eigenvalue weighted by molar-refractivity contribution is 5.96. The molecule has 1 atom stereocenters. The van der Waals surface area contributed by atoms with Gasteiger partial charge in [0.25, 0.3) is 0 Å². The molecule has 0 spiro atoms. The van der Waals surface area contributed by atoms with Gasteiger partial charge in [-0.25, -0.2) is 0 Å². The summed E-state index contributed by atoms with van der Waals surface area (Å²) < 4.78 is 0. The zero-order valence-corrected chi connectivity index (χ0v) is 11.7. The van der Waals surface area contributed by atoms with E-state index in [4.69, 9.17) is 0 Å². The lowest BCUT2D eigenvalue weighted by Gasteiger charge is -2.24. The summed E-state index contributed by atoms with van der Waals surface area (Å²) in [6.45, 7) is 0. The second-order valence-corrected chi connectivity index (χ2v) is 5.38. The molecule has 106 valence electrons. The number of fused-ring (bicyclic) bond motifs is 1. The average Bonchev–Trinajstić information content (AvgIpc) is 2.54. The Kier molecular flexibility index (Phi) is 3.82. The summed E-state index contributed by atoms with van der Waals surface area (Å²) in [4.78, 5) is 23.3. The number of rotatable bonds is 3. The topological polar surface area (TPSA) is 46.2 Å². The Morgan fingerprint density at radius 3 is 2.86 bits per heavy atom. The molecule has 0 saturated carbocycles. The number of hydrogen-bond donors (Lipinski definition) is 1. The van der Waals surface area contributed by atoms with Crippen LogP contribution in [-0.4, -0.2) is 12.2 Å². The zero-order chi connectivity index (χ0) is 14.7. The molecule has 0 radical (unpaired) electrons. The molecule has 0 fully saturated rings. The van der Waals surface area contributed by atoms with Crippen LogP contribution in [0.4, 0.5) is 5.69 Å². The number of aldehydes is 1. The van der Waals surface area contributed by atoms with Crippen molar-refractivity contribution in [1.29, 1.82) is 0 Å². The van der Waals surface area contributed by atoms with E-state index in [0.717, 1.165) is 31.1 Å². The van der Waals surface area contributed by atoms with Crippen molar-refractivity contribution in [2.24, 2.45) is 0 Å². The molecule has 1 aliphatic rings. The number of carbonyl (C=O) groups excluding carboxylic acids is 2. The van der Waals surface area contributed by atoms with Crippen LogP contribution >= 0.6 is 0 Å². The van der Waals surface area contributed by atoms with Gasteiger partial charge in [-0.3, -0.25) is 9.59 Å². The maximum absolute atomic E-state index is 12.5. The smallest absolute Gasteiger partial charge is 0.231 e. The molecule has 1 unspecified atom stereocenters. The first-order valence-electron chi connectivity index (χ1n) is 7.22. The lowest BCUT2D eigenvalue weighted by molar-refractivity contribution is -0.117. The van der Waals surface area contributed by atoms with E-state index in [1.165, 1.54) is 5.56 Å². The number of hydrogen-bond acceptors (Lipinski definition) is 2. The van der Waals surface area contributed by atoms with Crippen LogP contribution in [0.1, 0.15) is 40.2 Å². The Morgan fingerprint density at radius 1 is 1.14 bits per heavy atom. The summed E-state index contributed by atoms with van der Waals surface area (Å²) in [6, 6.07) is 15.1. The fourth-order valence-corrected chi connectivity index (χ4v) is 2.95. The Labute approximate surface area is 124 Å². The first-order valence-corrected chi connectivity index (χ1v) is 7.22. The average molecular weight is 279 g/mol. The second kappa shape index (κ2) is 5.92. The quantitative estimate of drug-likeness (QED) is 0.873. The number of nitrogens with one attached hydrogen (secondary N) is 1. The highest BCUT2D eigenvalue weighted by Crippen LogP contribution is 2.32. The molecule has 3 rings (SSSR count). The number of benzene rings is 2. The van der Waals surface area contributed by atoms with Crippen LogP contribution in [0.3, 0.4) is 0 Å². The zero-order valence-electron chi connectivity index (χ0n) is 11.7. The van der Waals surface area contributed by atoms with Crippen molar-refractivity contribution >= 4 is 17.9 Å². The predicted molar refractivity (Wildman–Crippen MR) is 82.6 cm³/mol. The highest BCUT2D eigenvalue weighted by Gasteiger charge is 2.26. The number of anilines is 1. The molecule has 0 saturated heterocycles. The molecular weight excluding hydrogens is 262 g/mol. The summed E-state index contributed by atoms with van der Waals surface area (Å²) in [5, 5.41) is 2.93. The van der Waals surface area contributed by atoms with Crippen LogP contribution in [-0.2, 0) is 11.2 Å². The highest BCUT2D eigenvalue weighted by atomic mass is 16.1. The Bertz CT molecular complexity index is 678. The maximum Gasteiger partial charge on any atom is 0.231 e. The van der Waals surface area contributed by atoms with E-state index in [1.807, 2.05) is 18.2 Å². The molecule has 3 heteroatoms. The van der Waals surface area contributed by atoms with Crippen molar-refractivity contribution in [1.82, 2.24) is 0 Å². The van der Waals surface area contributed by atoms with Gasteiger partial charge in [-0.15, -0.1) is 0 Å². The van der Waals surface area contributed by atoms with Crippen LogP contribution in [0.15, 0.2) is 48.5 Å². The van der Waals surface area contributed by atoms with Gasteiger partial charge < -0.3 is 5.32 Å². The molecule has 1 aliphatic carbocycles. The molecule has 1 amide bonds. The van der Waals surface area contributed by atoms with E-state index < -0.39 is 0 Å². The molecule has 2 aromatic carbocycles. The predicted octanol–water partition coefficient (Wildman–Crippen LogP) is 3.56. The molecule has 0 heterocycles. The van der Waals surface area contributed by atoms with Gasteiger partial charge in [0.15, 0.2) is 0 Å². The van der Waals surface area contributed by atoms with E-state index in [9.17, 15) is 9.59 Å². The van der Waals surface area contributed by atoms with Gasteiger partial charge in [0, 0.05) is 11.3 Å². The van der Waals surface area contributed by atoms with Crippen LogP contribution in [0.2, 0.25) is 0 Å². The van der Waals surface area contributed by atoms with Gasteiger partial charge in [-0.2, -0.15) is 0 Å². The first-order chi connectivity index (χ1) is 10.3. The van der Waals surface area contributed by atoms with Crippen molar-refractivity contribution < 1.29 is 9.59 Å². The third-order valence-electron chi connectivity index (χ3n) is 3.98. The van der Waals surface area contributed by atoms with Crippen LogP contribution in [0, 0.1) is 0 Å². The molecule has 21 heavy (non-hydrogen) atoms. The summed E-state index contributed by atoms with van der Waals surface area (Å²) >= 11 is 0. The molecule has 0 aliphatic heterocycles. The fraction of sp³-hybridized carbons (Fsp3) is 0.222. The minimum absolute atomic E-state index is 0.00481. The van der Waals surface area contributed by atoms with Crippen LogP contribution in [0.5, 0.6) is 0 Å². The maximum atomic E-state index is 12.5. The first kappa shape index (κ1) is 13.6. The van der Waals surface area contributed by atoms with E-state index in [-0.39, 0.29) is 11.8 Å². The lowest BCUT2D eigenvalue weighted by atomic mass is 9.82. The molecular formula is C18H17NO2. The summed E-state index contributed by atoms with van der Waals surface area (Å²) in [5.41, 5.74) is 3.64. The fourth-order valence-electron chi connectivity index (χ4n) is 2.95. The molecule has 2 aromatic rings. The number of carbonyl (C=O) groups is 2. The van der Waals surface area contributed by atoms with Gasteiger partial charge in [0.2, 0.25) is 5.91 Å². The van der Waals surface area contributed by atoms with E-state index in [2.05, 4.69) is 11.4 Å². The van der Waals surface area contributed by atoms with Crippen molar-refractivity contribution in [3.63, 3.8) is 0 Å². The van der Waals surface area contributed by atoms with Gasteiger partial charge in [0.1, 0.15) is 6.29 Å². The SMILES string of the molecule is O=Cc1cccc(NC(=O)C2CCCc3ccccc32)c1. The van der Waals surface area contributed by atoms with E-state index >= 15 is 0 Å². The number of aryl methyl sites for hydroxylation is 1. The van der Waals surface area contributed by atoms with Gasteiger partial charge in [-0.05, 0) is 42.5 Å². The normalized spacial score (nSPS) is 16.9. The Hall–Kier alpha value is -2.42. The van der Waals surface area contributed by atoms with E-state index in [0.29, 0.717) is 11.3 Å². The third-order valence-corrected chi connectivity index (χ3v) is 3.98. The molecule has 0 aromatic heterocycles. The van der Waals surface area contributed by atoms with Gasteiger partial charge in [0.05, 0.1) is 5.92 Å². The molecule has 1 N–H and O–H groups in total. The monoisotopic (exact) mass is 279 g/mol. The minimum atomic E-state index is -0.102. The molecule has 3 nitrogen and oxygen atoms in total. The second-order valence-electron chi connectivity index (χ2n) is 5.38. The van der Waals surface area contributed by atoms with Crippen molar-refractivity contribution in [3.8, 4) is 0 Å². The van der Waals surface area contributed by atoms with Gasteiger partial charge >= 0.3 is 0 Å². The van der Waals surface area contributed by atoms with Crippen LogP contribution in [0.25, 0.3) is 0 Å². The Morgan fingerprint density at radius 2 is 2.00 bits per heavy atom. The van der Waals surface area contributed by atoms with Gasteiger partial charge in [-0.1, -0.05) is 36.4 Å². The third kappa shape index (κ3) is 2.87. The summed E-state index contributed by atoms with van der Waals surface area (Å²) in [5.74, 6) is -0.0972. The van der Waals surface area contributed by atoms with Crippen LogP contribution < -0.4 is 5.32 Å². The van der Waals surface area contributed by atoms with Crippen molar-refractivity contribution in [2.75, 3.05) is 5.32 Å². The van der Waals surface area contributed by atoms with Crippen molar-refractivity contribution in [3.05, 3.63) is 65.2 Å².